The van der Waals surface area contributed by atoms with Crippen molar-refractivity contribution in [3.63, 3.8) is 0 Å². The Bertz CT molecular complexity index is 640. The van der Waals surface area contributed by atoms with Crippen molar-refractivity contribution in [2.24, 2.45) is 0 Å². The molecular weight excluding hydrogens is 288 g/mol. The Morgan fingerprint density at radius 1 is 1.24 bits per heavy atom. The normalized spacial score (nSPS) is 11.1. The van der Waals surface area contributed by atoms with Gasteiger partial charge in [0.05, 0.1) is 16.8 Å². The maximum Gasteiger partial charge on any atom is 0.261 e. The molecule has 2 rings (SSSR count). The number of alkyl halides is 1. The van der Waals surface area contributed by atoms with Gasteiger partial charge in [0.2, 0.25) is 0 Å². The summed E-state index contributed by atoms with van der Waals surface area (Å²) < 4.78 is 7.19. The lowest BCUT2D eigenvalue weighted by atomic mass is 10.2. The summed E-state index contributed by atoms with van der Waals surface area (Å²) in [6.45, 7) is 4.16. The van der Waals surface area contributed by atoms with Gasteiger partial charge in [-0.15, -0.1) is 11.6 Å². The number of fused-ring (bicyclic) bond motifs is 1. The highest BCUT2D eigenvalue weighted by molar-refractivity contribution is 6.16. The highest BCUT2D eigenvalue weighted by Crippen LogP contribution is 2.09. The van der Waals surface area contributed by atoms with Crippen LogP contribution in [0.5, 0.6) is 0 Å². The molecular formula is C16H21ClN2O2. The number of unbranched alkanes of at least 4 members (excludes halogenated alkanes) is 1. The quantitative estimate of drug-likeness (QED) is 0.555. The number of benzene rings is 1. The predicted molar refractivity (Wildman–Crippen MR) is 85.9 cm³/mol. The van der Waals surface area contributed by atoms with E-state index in [1.54, 1.807) is 10.6 Å². The Labute approximate surface area is 129 Å². The van der Waals surface area contributed by atoms with Crippen LogP contribution >= 0.6 is 11.6 Å². The maximum atomic E-state index is 12.5. The summed E-state index contributed by atoms with van der Waals surface area (Å²) in [6.07, 6.45) is 2.99. The Morgan fingerprint density at radius 2 is 2.00 bits per heavy atom. The molecule has 1 heterocycles. The van der Waals surface area contributed by atoms with E-state index in [0.717, 1.165) is 25.9 Å². The van der Waals surface area contributed by atoms with Crippen molar-refractivity contribution in [3.05, 3.63) is 40.4 Å². The smallest absolute Gasteiger partial charge is 0.261 e. The molecule has 0 saturated heterocycles. The van der Waals surface area contributed by atoms with Gasteiger partial charge in [-0.25, -0.2) is 4.98 Å². The minimum atomic E-state index is -0.0233. The lowest BCUT2D eigenvalue weighted by Crippen LogP contribution is -2.25. The van der Waals surface area contributed by atoms with Gasteiger partial charge in [-0.1, -0.05) is 25.5 Å². The highest BCUT2D eigenvalue weighted by Gasteiger charge is 2.09. The number of para-hydroxylation sites is 1. The Morgan fingerprint density at radius 3 is 2.76 bits per heavy atom. The van der Waals surface area contributed by atoms with E-state index < -0.39 is 0 Å². The molecule has 0 N–H and O–H groups in total. The second-order valence-corrected chi connectivity index (χ2v) is 5.22. The van der Waals surface area contributed by atoms with Crippen molar-refractivity contribution >= 4 is 22.5 Å². The molecule has 21 heavy (non-hydrogen) atoms. The van der Waals surface area contributed by atoms with E-state index in [1.807, 2.05) is 18.2 Å². The first kappa shape index (κ1) is 16.0. The Balaban J connectivity index is 2.11. The minimum absolute atomic E-state index is 0.0233. The molecule has 0 aliphatic heterocycles. The average molecular weight is 309 g/mol. The monoisotopic (exact) mass is 308 g/mol. The van der Waals surface area contributed by atoms with Crippen molar-refractivity contribution in [2.75, 3.05) is 13.2 Å². The number of hydrogen-bond acceptors (Lipinski definition) is 3. The first-order valence-electron chi connectivity index (χ1n) is 7.40. The van der Waals surface area contributed by atoms with E-state index in [4.69, 9.17) is 16.3 Å². The van der Waals surface area contributed by atoms with E-state index in [9.17, 15) is 4.79 Å². The number of aromatic nitrogens is 2. The van der Waals surface area contributed by atoms with Crippen LogP contribution in [-0.2, 0) is 17.2 Å². The van der Waals surface area contributed by atoms with Crippen LogP contribution < -0.4 is 5.56 Å². The fourth-order valence-electron chi connectivity index (χ4n) is 2.22. The standard InChI is InChI=1S/C16H21ClN2O2/c1-2-3-10-21-11-6-9-19-15(12-17)18-14-8-5-4-7-13(14)16(19)20/h4-5,7-8H,2-3,6,9-12H2,1H3. The third kappa shape index (κ3) is 4.05. The van der Waals surface area contributed by atoms with E-state index in [0.29, 0.717) is 29.9 Å². The van der Waals surface area contributed by atoms with Crippen LogP contribution in [0.1, 0.15) is 32.0 Å². The van der Waals surface area contributed by atoms with Crippen molar-refractivity contribution < 1.29 is 4.74 Å². The molecule has 0 unspecified atom stereocenters. The zero-order valence-electron chi connectivity index (χ0n) is 12.3. The van der Waals surface area contributed by atoms with Crippen LogP contribution in [0.3, 0.4) is 0 Å². The van der Waals surface area contributed by atoms with Gasteiger partial charge in [0.25, 0.3) is 5.56 Å². The summed E-state index contributed by atoms with van der Waals surface area (Å²) in [5.41, 5.74) is 0.679. The summed E-state index contributed by atoms with van der Waals surface area (Å²) in [5.74, 6) is 0.852. The first-order chi connectivity index (χ1) is 10.3. The molecule has 4 nitrogen and oxygen atoms in total. The molecule has 0 bridgehead atoms. The van der Waals surface area contributed by atoms with Crippen LogP contribution in [0.4, 0.5) is 0 Å². The van der Waals surface area contributed by atoms with Crippen LogP contribution in [0, 0.1) is 0 Å². The van der Waals surface area contributed by atoms with Gasteiger partial charge < -0.3 is 4.74 Å². The molecule has 0 spiro atoms. The van der Waals surface area contributed by atoms with E-state index in [1.165, 1.54) is 0 Å². The third-order valence-electron chi connectivity index (χ3n) is 3.37. The minimum Gasteiger partial charge on any atom is -0.381 e. The van der Waals surface area contributed by atoms with Gasteiger partial charge in [0, 0.05) is 19.8 Å². The molecule has 5 heteroatoms. The number of nitrogens with zero attached hydrogens (tertiary/aromatic N) is 2. The molecule has 0 radical (unpaired) electrons. The van der Waals surface area contributed by atoms with Crippen LogP contribution in [0.2, 0.25) is 0 Å². The van der Waals surface area contributed by atoms with Crippen LogP contribution in [0.15, 0.2) is 29.1 Å². The van der Waals surface area contributed by atoms with E-state index in [2.05, 4.69) is 11.9 Å². The number of halogens is 1. The number of ether oxygens (including phenoxy) is 1. The molecule has 0 atom stereocenters. The van der Waals surface area contributed by atoms with Crippen molar-refractivity contribution in [1.29, 1.82) is 0 Å². The van der Waals surface area contributed by atoms with Crippen LogP contribution in [0.25, 0.3) is 10.9 Å². The van der Waals surface area contributed by atoms with Gasteiger partial charge >= 0.3 is 0 Å². The summed E-state index contributed by atoms with van der Waals surface area (Å²) in [5, 5.41) is 0.637. The molecule has 0 saturated carbocycles. The lowest BCUT2D eigenvalue weighted by molar-refractivity contribution is 0.125. The summed E-state index contributed by atoms with van der Waals surface area (Å²) in [7, 11) is 0. The fraction of sp³-hybridized carbons (Fsp3) is 0.500. The van der Waals surface area contributed by atoms with Crippen molar-refractivity contribution in [2.45, 2.75) is 38.6 Å². The molecule has 2 aromatic rings. The second kappa shape index (κ2) is 8.15. The van der Waals surface area contributed by atoms with Gasteiger partial charge in [-0.3, -0.25) is 9.36 Å². The topological polar surface area (TPSA) is 44.1 Å². The summed E-state index contributed by atoms with van der Waals surface area (Å²) in [6, 6.07) is 7.37. The lowest BCUT2D eigenvalue weighted by Gasteiger charge is -2.12. The van der Waals surface area contributed by atoms with E-state index in [-0.39, 0.29) is 11.4 Å². The van der Waals surface area contributed by atoms with Gasteiger partial charge in [0.1, 0.15) is 5.82 Å². The average Bonchev–Trinajstić information content (AvgIpc) is 2.52. The van der Waals surface area contributed by atoms with Crippen LogP contribution in [-0.4, -0.2) is 22.8 Å². The SMILES string of the molecule is CCCCOCCCn1c(CCl)nc2ccccc2c1=O. The largest absolute Gasteiger partial charge is 0.381 e. The number of hydrogen-bond donors (Lipinski definition) is 0. The third-order valence-corrected chi connectivity index (χ3v) is 3.61. The molecule has 1 aromatic carbocycles. The first-order valence-corrected chi connectivity index (χ1v) is 7.93. The van der Waals surface area contributed by atoms with Gasteiger partial charge in [-0.05, 0) is 25.0 Å². The molecule has 1 aromatic heterocycles. The molecule has 114 valence electrons. The number of rotatable bonds is 8. The Hall–Kier alpha value is -1.39. The molecule has 0 amide bonds. The van der Waals surface area contributed by atoms with E-state index >= 15 is 0 Å². The van der Waals surface area contributed by atoms with Gasteiger partial charge in [0.15, 0.2) is 0 Å². The van der Waals surface area contributed by atoms with Gasteiger partial charge in [-0.2, -0.15) is 0 Å². The fourth-order valence-corrected chi connectivity index (χ4v) is 2.42. The Kier molecular flexibility index (Phi) is 6.21. The molecule has 0 aliphatic carbocycles. The molecule has 0 aliphatic rings. The van der Waals surface area contributed by atoms with Crippen molar-refractivity contribution in [1.82, 2.24) is 9.55 Å². The highest BCUT2D eigenvalue weighted by atomic mass is 35.5. The predicted octanol–water partition coefficient (Wildman–Crippen LogP) is 3.34. The maximum absolute atomic E-state index is 12.5. The molecule has 0 fully saturated rings. The summed E-state index contributed by atoms with van der Waals surface area (Å²) >= 11 is 5.93. The zero-order valence-corrected chi connectivity index (χ0v) is 13.1. The second-order valence-electron chi connectivity index (χ2n) is 4.96. The summed E-state index contributed by atoms with van der Waals surface area (Å²) in [4.78, 5) is 17.0. The zero-order chi connectivity index (χ0) is 15.1. The van der Waals surface area contributed by atoms with Crippen molar-refractivity contribution in [3.8, 4) is 0 Å².